The summed E-state index contributed by atoms with van der Waals surface area (Å²) >= 11 is 4.17. The van der Waals surface area contributed by atoms with Crippen molar-refractivity contribution >= 4 is 18.8 Å². The molecule has 0 aromatic carbocycles. The van der Waals surface area contributed by atoms with Crippen molar-refractivity contribution in [1.29, 1.82) is 0 Å². The van der Waals surface area contributed by atoms with E-state index in [9.17, 15) is 4.79 Å². The van der Waals surface area contributed by atoms with Crippen LogP contribution in [0.4, 0.5) is 0 Å². The normalized spacial score (nSPS) is 18.7. The maximum atomic E-state index is 11.2. The number of hydrogen-bond donors (Lipinski definition) is 1. The molecule has 0 amide bonds. The lowest BCUT2D eigenvalue weighted by Crippen LogP contribution is -2.25. The van der Waals surface area contributed by atoms with E-state index in [4.69, 9.17) is 4.74 Å². The fourth-order valence-corrected chi connectivity index (χ4v) is 1.37. The molecule has 4 heteroatoms. The van der Waals surface area contributed by atoms with Gasteiger partial charge in [-0.1, -0.05) is 18.9 Å². The number of thiol groups is 1. The maximum Gasteiger partial charge on any atom is 0.335 e. The van der Waals surface area contributed by atoms with Gasteiger partial charge in [-0.25, -0.2) is 9.10 Å². The van der Waals surface area contributed by atoms with E-state index in [-0.39, 0.29) is 5.97 Å². The molecule has 0 bridgehead atoms. The molecule has 0 fully saturated rings. The lowest BCUT2D eigenvalue weighted by molar-refractivity contribution is -0.138. The smallest absolute Gasteiger partial charge is 0.335 e. The second-order valence-corrected chi connectivity index (χ2v) is 3.19. The molecule has 0 N–H and O–H groups in total. The number of ether oxygens (including phenoxy) is 1. The number of rotatable bonds is 2. The molecule has 12 heavy (non-hydrogen) atoms. The average molecular weight is 187 g/mol. The summed E-state index contributed by atoms with van der Waals surface area (Å²) in [5.74, 6) is -0.212. The van der Waals surface area contributed by atoms with Gasteiger partial charge < -0.3 is 4.74 Å². The average Bonchev–Trinajstić information content (AvgIpc) is 2.05. The van der Waals surface area contributed by atoms with E-state index in [1.807, 2.05) is 10.4 Å². The van der Waals surface area contributed by atoms with Gasteiger partial charge in [0.15, 0.2) is 0 Å². The Bertz CT molecular complexity index is 203. The molecule has 0 spiro atoms. The number of hydrogen-bond acceptors (Lipinski definition) is 4. The second kappa shape index (κ2) is 4.52. The van der Waals surface area contributed by atoms with Crippen LogP contribution >= 0.6 is 12.8 Å². The first-order chi connectivity index (χ1) is 5.74. The SMILES string of the molecule is CCOC(=O)C1=CCCN(S)C1. The van der Waals surface area contributed by atoms with E-state index >= 15 is 0 Å². The molecule has 0 aromatic heterocycles. The second-order valence-electron chi connectivity index (χ2n) is 2.63. The largest absolute Gasteiger partial charge is 0.463 e. The molecule has 3 nitrogen and oxygen atoms in total. The van der Waals surface area contributed by atoms with Gasteiger partial charge in [-0.05, 0) is 13.3 Å². The van der Waals surface area contributed by atoms with Crippen LogP contribution in [0.3, 0.4) is 0 Å². The zero-order valence-electron chi connectivity index (χ0n) is 7.12. The van der Waals surface area contributed by atoms with Crippen LogP contribution in [-0.2, 0) is 9.53 Å². The third-order valence-electron chi connectivity index (χ3n) is 1.67. The Kier molecular flexibility index (Phi) is 3.62. The summed E-state index contributed by atoms with van der Waals surface area (Å²) in [4.78, 5) is 11.2. The van der Waals surface area contributed by atoms with Crippen molar-refractivity contribution in [2.75, 3.05) is 19.7 Å². The summed E-state index contributed by atoms with van der Waals surface area (Å²) in [6.07, 6.45) is 2.79. The first-order valence-electron chi connectivity index (χ1n) is 4.04. The molecular formula is C8H13NO2S. The Morgan fingerprint density at radius 3 is 3.17 bits per heavy atom. The van der Waals surface area contributed by atoms with Crippen LogP contribution in [-0.4, -0.2) is 30.0 Å². The molecule has 1 rings (SSSR count). The number of carbonyl (C=O) groups is 1. The van der Waals surface area contributed by atoms with Crippen molar-refractivity contribution < 1.29 is 9.53 Å². The summed E-state index contributed by atoms with van der Waals surface area (Å²) < 4.78 is 6.67. The number of nitrogens with zero attached hydrogens (tertiary/aromatic N) is 1. The minimum Gasteiger partial charge on any atom is -0.463 e. The molecule has 1 aliphatic rings. The van der Waals surface area contributed by atoms with Crippen LogP contribution in [0.5, 0.6) is 0 Å². The zero-order chi connectivity index (χ0) is 8.97. The molecule has 68 valence electrons. The molecule has 0 radical (unpaired) electrons. The minimum absolute atomic E-state index is 0.212. The standard InChI is InChI=1S/C8H13NO2S/c1-2-11-8(10)7-4-3-5-9(12)6-7/h4,12H,2-3,5-6H2,1H3. The molecule has 0 saturated heterocycles. The topological polar surface area (TPSA) is 29.5 Å². The highest BCUT2D eigenvalue weighted by Gasteiger charge is 2.16. The van der Waals surface area contributed by atoms with Crippen molar-refractivity contribution in [2.45, 2.75) is 13.3 Å². The number of esters is 1. The van der Waals surface area contributed by atoms with Crippen molar-refractivity contribution in [1.82, 2.24) is 4.31 Å². The highest BCUT2D eigenvalue weighted by atomic mass is 32.1. The van der Waals surface area contributed by atoms with E-state index in [0.717, 1.165) is 18.5 Å². The van der Waals surface area contributed by atoms with E-state index in [1.165, 1.54) is 0 Å². The van der Waals surface area contributed by atoms with E-state index in [2.05, 4.69) is 12.8 Å². The fourth-order valence-electron chi connectivity index (χ4n) is 1.10. The number of carbonyl (C=O) groups excluding carboxylic acids is 1. The van der Waals surface area contributed by atoms with Crippen LogP contribution in [0.1, 0.15) is 13.3 Å². The van der Waals surface area contributed by atoms with Gasteiger partial charge in [0.1, 0.15) is 0 Å². The zero-order valence-corrected chi connectivity index (χ0v) is 8.01. The first kappa shape index (κ1) is 9.61. The summed E-state index contributed by atoms with van der Waals surface area (Å²) in [6.45, 7) is 3.72. The van der Waals surface area contributed by atoms with Gasteiger partial charge in [0.05, 0.1) is 6.61 Å². The molecule has 0 aromatic rings. The van der Waals surface area contributed by atoms with Crippen molar-refractivity contribution in [3.8, 4) is 0 Å². The fraction of sp³-hybridized carbons (Fsp3) is 0.625. The predicted molar refractivity (Wildman–Crippen MR) is 49.9 cm³/mol. The summed E-state index contributed by atoms with van der Waals surface area (Å²) in [5, 5.41) is 0. The Labute approximate surface area is 77.9 Å². The third kappa shape index (κ3) is 2.53. The molecule has 0 atom stereocenters. The molecule has 0 saturated carbocycles. The van der Waals surface area contributed by atoms with Gasteiger partial charge in [-0.3, -0.25) is 0 Å². The Hall–Kier alpha value is -0.480. The molecule has 1 heterocycles. The Morgan fingerprint density at radius 1 is 1.83 bits per heavy atom. The van der Waals surface area contributed by atoms with Crippen LogP contribution < -0.4 is 0 Å². The summed E-state index contributed by atoms with van der Waals surface area (Å²) in [7, 11) is 0. The van der Waals surface area contributed by atoms with Crippen molar-refractivity contribution in [2.24, 2.45) is 0 Å². The monoisotopic (exact) mass is 187 g/mol. The third-order valence-corrected chi connectivity index (χ3v) is 2.01. The van der Waals surface area contributed by atoms with Crippen LogP contribution in [0.25, 0.3) is 0 Å². The Morgan fingerprint density at radius 2 is 2.58 bits per heavy atom. The van der Waals surface area contributed by atoms with Gasteiger partial charge in [-0.15, -0.1) is 0 Å². The van der Waals surface area contributed by atoms with Crippen molar-refractivity contribution in [3.05, 3.63) is 11.6 Å². The van der Waals surface area contributed by atoms with Crippen molar-refractivity contribution in [3.63, 3.8) is 0 Å². The molecular weight excluding hydrogens is 174 g/mol. The highest BCUT2D eigenvalue weighted by Crippen LogP contribution is 2.12. The van der Waals surface area contributed by atoms with E-state index in [0.29, 0.717) is 13.2 Å². The quantitative estimate of drug-likeness (QED) is 0.517. The maximum absolute atomic E-state index is 11.2. The predicted octanol–water partition coefficient (Wildman–Crippen LogP) is 1.03. The van der Waals surface area contributed by atoms with Gasteiger partial charge in [-0.2, -0.15) is 0 Å². The van der Waals surface area contributed by atoms with Gasteiger partial charge in [0.25, 0.3) is 0 Å². The molecule has 1 aliphatic heterocycles. The highest BCUT2D eigenvalue weighted by molar-refractivity contribution is 7.77. The summed E-state index contributed by atoms with van der Waals surface area (Å²) in [6, 6.07) is 0. The van der Waals surface area contributed by atoms with Crippen LogP contribution in [0.15, 0.2) is 11.6 Å². The minimum atomic E-state index is -0.212. The molecule has 0 unspecified atom stereocenters. The first-order valence-corrected chi connectivity index (χ1v) is 4.44. The lowest BCUT2D eigenvalue weighted by atomic mass is 10.1. The molecule has 0 aliphatic carbocycles. The van der Waals surface area contributed by atoms with Crippen LogP contribution in [0, 0.1) is 0 Å². The van der Waals surface area contributed by atoms with Gasteiger partial charge >= 0.3 is 5.97 Å². The lowest BCUT2D eigenvalue weighted by Gasteiger charge is -2.20. The van der Waals surface area contributed by atoms with Crippen LogP contribution in [0.2, 0.25) is 0 Å². The van der Waals surface area contributed by atoms with Gasteiger partial charge in [0, 0.05) is 18.7 Å². The van der Waals surface area contributed by atoms with E-state index in [1.54, 1.807) is 6.92 Å². The summed E-state index contributed by atoms with van der Waals surface area (Å²) in [5.41, 5.74) is 0.720. The Balaban J connectivity index is 2.50. The van der Waals surface area contributed by atoms with Gasteiger partial charge in [0.2, 0.25) is 0 Å². The van der Waals surface area contributed by atoms with E-state index < -0.39 is 0 Å².